The number of piperazine rings is 1. The Balaban J connectivity index is 0.00000180. The van der Waals surface area contributed by atoms with Gasteiger partial charge in [0.05, 0.1) is 12.1 Å². The lowest BCUT2D eigenvalue weighted by molar-refractivity contribution is -0.132. The summed E-state index contributed by atoms with van der Waals surface area (Å²) in [6.45, 7) is 9.48. The summed E-state index contributed by atoms with van der Waals surface area (Å²) in [4.78, 5) is 14.2. The minimum atomic E-state index is 0. The molecule has 0 aromatic carbocycles. The largest absolute Gasteiger partial charge is 0.361 e. The smallest absolute Gasteiger partial charge is 0.227 e. The number of amides is 1. The molecule has 0 radical (unpaired) electrons. The summed E-state index contributed by atoms with van der Waals surface area (Å²) in [6, 6.07) is 0.699. The SMILES string of the molecule is Cc1noc(C)c1CC(=O)N1CC(C)NC(C)C1.Cl. The molecule has 5 nitrogen and oxygen atoms in total. The van der Waals surface area contributed by atoms with E-state index in [1.165, 1.54) is 0 Å². The van der Waals surface area contributed by atoms with Crippen molar-refractivity contribution in [3.63, 3.8) is 0 Å². The molecular formula is C13H22ClN3O2. The minimum Gasteiger partial charge on any atom is -0.361 e. The van der Waals surface area contributed by atoms with Crippen molar-refractivity contribution in [2.45, 2.75) is 46.2 Å². The van der Waals surface area contributed by atoms with E-state index in [0.717, 1.165) is 30.1 Å². The zero-order valence-electron chi connectivity index (χ0n) is 11.9. The monoisotopic (exact) mass is 287 g/mol. The average molecular weight is 288 g/mol. The van der Waals surface area contributed by atoms with Crippen LogP contribution in [0, 0.1) is 13.8 Å². The molecule has 1 aromatic heterocycles. The fraction of sp³-hybridized carbons (Fsp3) is 0.692. The molecule has 0 saturated carbocycles. The molecule has 0 aliphatic carbocycles. The van der Waals surface area contributed by atoms with Crippen LogP contribution in [-0.4, -0.2) is 41.1 Å². The molecule has 0 spiro atoms. The lowest BCUT2D eigenvalue weighted by Gasteiger charge is -2.36. The number of carbonyl (C=O) groups is 1. The van der Waals surface area contributed by atoms with Gasteiger partial charge in [-0.15, -0.1) is 12.4 Å². The number of nitrogens with zero attached hydrogens (tertiary/aromatic N) is 2. The van der Waals surface area contributed by atoms with Gasteiger partial charge in [0.25, 0.3) is 0 Å². The number of hydrogen-bond acceptors (Lipinski definition) is 4. The van der Waals surface area contributed by atoms with Crippen LogP contribution in [0.2, 0.25) is 0 Å². The summed E-state index contributed by atoms with van der Waals surface area (Å²) in [5, 5.41) is 7.31. The molecule has 1 N–H and O–H groups in total. The van der Waals surface area contributed by atoms with E-state index in [2.05, 4.69) is 24.3 Å². The van der Waals surface area contributed by atoms with E-state index in [4.69, 9.17) is 4.52 Å². The van der Waals surface area contributed by atoms with Gasteiger partial charge in [-0.2, -0.15) is 0 Å². The first-order valence-electron chi connectivity index (χ1n) is 6.43. The van der Waals surface area contributed by atoms with Crippen LogP contribution in [-0.2, 0) is 11.2 Å². The van der Waals surface area contributed by atoms with Crippen LogP contribution in [0.15, 0.2) is 4.52 Å². The van der Waals surface area contributed by atoms with Crippen LogP contribution < -0.4 is 5.32 Å². The van der Waals surface area contributed by atoms with E-state index in [0.29, 0.717) is 18.5 Å². The van der Waals surface area contributed by atoms with Gasteiger partial charge in [-0.1, -0.05) is 5.16 Å². The Morgan fingerprint density at radius 3 is 2.42 bits per heavy atom. The summed E-state index contributed by atoms with van der Waals surface area (Å²) in [5.74, 6) is 0.904. The highest BCUT2D eigenvalue weighted by Gasteiger charge is 2.26. The fourth-order valence-electron chi connectivity index (χ4n) is 2.55. The lowest BCUT2D eigenvalue weighted by Crippen LogP contribution is -2.56. The zero-order chi connectivity index (χ0) is 13.3. The van der Waals surface area contributed by atoms with Crippen LogP contribution >= 0.6 is 12.4 Å². The van der Waals surface area contributed by atoms with Gasteiger partial charge in [-0.05, 0) is 27.7 Å². The van der Waals surface area contributed by atoms with E-state index >= 15 is 0 Å². The number of aryl methyl sites for hydroxylation is 2. The molecule has 0 bridgehead atoms. The number of hydrogen-bond donors (Lipinski definition) is 1. The van der Waals surface area contributed by atoms with E-state index in [1.54, 1.807) is 0 Å². The van der Waals surface area contributed by atoms with Gasteiger partial charge in [-0.3, -0.25) is 4.79 Å². The van der Waals surface area contributed by atoms with Crippen LogP contribution in [0.3, 0.4) is 0 Å². The van der Waals surface area contributed by atoms with Gasteiger partial charge in [0, 0.05) is 30.7 Å². The quantitative estimate of drug-likeness (QED) is 0.895. The van der Waals surface area contributed by atoms with Crippen molar-refractivity contribution >= 4 is 18.3 Å². The Morgan fingerprint density at radius 2 is 1.95 bits per heavy atom. The molecule has 2 atom stereocenters. The molecule has 2 heterocycles. The third-order valence-electron chi connectivity index (χ3n) is 3.42. The van der Waals surface area contributed by atoms with E-state index < -0.39 is 0 Å². The van der Waals surface area contributed by atoms with Gasteiger partial charge in [0.1, 0.15) is 5.76 Å². The first-order valence-corrected chi connectivity index (χ1v) is 6.43. The van der Waals surface area contributed by atoms with Crippen LogP contribution in [0.5, 0.6) is 0 Å². The van der Waals surface area contributed by atoms with Gasteiger partial charge >= 0.3 is 0 Å². The van der Waals surface area contributed by atoms with Crippen molar-refractivity contribution in [2.75, 3.05) is 13.1 Å². The molecular weight excluding hydrogens is 266 g/mol. The highest BCUT2D eigenvalue weighted by molar-refractivity contribution is 5.85. The number of carbonyl (C=O) groups excluding carboxylic acids is 1. The maximum atomic E-state index is 12.3. The second-order valence-electron chi connectivity index (χ2n) is 5.25. The third-order valence-corrected chi connectivity index (χ3v) is 3.42. The van der Waals surface area contributed by atoms with Crippen molar-refractivity contribution in [3.8, 4) is 0 Å². The summed E-state index contributed by atoms with van der Waals surface area (Å²) in [6.07, 6.45) is 0.389. The molecule has 1 saturated heterocycles. The Hall–Kier alpha value is -1.07. The lowest BCUT2D eigenvalue weighted by atomic mass is 10.1. The summed E-state index contributed by atoms with van der Waals surface area (Å²) >= 11 is 0. The van der Waals surface area contributed by atoms with Crippen molar-refractivity contribution in [1.29, 1.82) is 0 Å². The summed E-state index contributed by atoms with van der Waals surface area (Å²) in [7, 11) is 0. The van der Waals surface area contributed by atoms with Crippen molar-refractivity contribution < 1.29 is 9.32 Å². The van der Waals surface area contributed by atoms with Crippen LogP contribution in [0.25, 0.3) is 0 Å². The topological polar surface area (TPSA) is 58.4 Å². The van der Waals surface area contributed by atoms with Crippen LogP contribution in [0.1, 0.15) is 30.9 Å². The maximum Gasteiger partial charge on any atom is 0.227 e. The van der Waals surface area contributed by atoms with Crippen molar-refractivity contribution in [1.82, 2.24) is 15.4 Å². The van der Waals surface area contributed by atoms with E-state index in [-0.39, 0.29) is 18.3 Å². The van der Waals surface area contributed by atoms with Crippen molar-refractivity contribution in [2.24, 2.45) is 0 Å². The van der Waals surface area contributed by atoms with Crippen molar-refractivity contribution in [3.05, 3.63) is 17.0 Å². The Bertz CT molecular complexity index is 418. The number of halogens is 1. The Labute approximate surface area is 120 Å². The molecule has 1 fully saturated rings. The fourth-order valence-corrected chi connectivity index (χ4v) is 2.55. The van der Waals surface area contributed by atoms with E-state index in [1.807, 2.05) is 18.7 Å². The highest BCUT2D eigenvalue weighted by Crippen LogP contribution is 2.15. The van der Waals surface area contributed by atoms with Gasteiger partial charge < -0.3 is 14.7 Å². The average Bonchev–Trinajstić information content (AvgIpc) is 2.59. The third kappa shape index (κ3) is 3.70. The second kappa shape index (κ2) is 6.39. The molecule has 19 heavy (non-hydrogen) atoms. The van der Waals surface area contributed by atoms with E-state index in [9.17, 15) is 4.79 Å². The predicted octanol–water partition coefficient (Wildman–Crippen LogP) is 1.46. The Morgan fingerprint density at radius 1 is 1.37 bits per heavy atom. The Kier molecular flexibility index (Phi) is 5.38. The summed E-state index contributed by atoms with van der Waals surface area (Å²) < 4.78 is 5.09. The van der Waals surface area contributed by atoms with Gasteiger partial charge in [-0.25, -0.2) is 0 Å². The summed E-state index contributed by atoms with van der Waals surface area (Å²) in [5.41, 5.74) is 1.75. The van der Waals surface area contributed by atoms with Gasteiger partial charge in [0.2, 0.25) is 5.91 Å². The molecule has 6 heteroatoms. The number of aromatic nitrogens is 1. The molecule has 1 aliphatic rings. The second-order valence-corrected chi connectivity index (χ2v) is 5.25. The normalized spacial score (nSPS) is 23.1. The molecule has 1 aromatic rings. The standard InChI is InChI=1S/C13H21N3O2.ClH/c1-8-6-16(7-9(2)14-8)13(17)5-12-10(3)15-18-11(12)4;/h8-9,14H,5-7H2,1-4H3;1H. The first-order chi connectivity index (χ1) is 8.47. The zero-order valence-corrected chi connectivity index (χ0v) is 12.7. The molecule has 1 aliphatic heterocycles. The molecule has 2 rings (SSSR count). The predicted molar refractivity (Wildman–Crippen MR) is 75.6 cm³/mol. The molecule has 2 unspecified atom stereocenters. The van der Waals surface area contributed by atoms with Crippen LogP contribution in [0.4, 0.5) is 0 Å². The van der Waals surface area contributed by atoms with Gasteiger partial charge in [0.15, 0.2) is 0 Å². The minimum absolute atomic E-state index is 0. The number of rotatable bonds is 2. The molecule has 1 amide bonds. The molecule has 108 valence electrons. The first kappa shape index (κ1) is 16.0. The highest BCUT2D eigenvalue weighted by atomic mass is 35.5. The maximum absolute atomic E-state index is 12.3. The number of nitrogens with one attached hydrogen (secondary N) is 1.